The van der Waals surface area contributed by atoms with Crippen LogP contribution < -0.4 is 4.74 Å². The van der Waals surface area contributed by atoms with Crippen LogP contribution in [0.4, 0.5) is 0 Å². The lowest BCUT2D eigenvalue weighted by molar-refractivity contribution is 0.192. The van der Waals surface area contributed by atoms with Crippen LogP contribution in [0.15, 0.2) is 40.8 Å². The Morgan fingerprint density at radius 3 is 2.76 bits per heavy atom. The molecule has 0 spiro atoms. The van der Waals surface area contributed by atoms with E-state index in [1.54, 1.807) is 37.3 Å². The molecule has 0 saturated heterocycles. The number of aromatic nitrogens is 1. The van der Waals surface area contributed by atoms with Gasteiger partial charge < -0.3 is 14.3 Å². The SMILES string of the molecule is CC(Oc1ccc(Cl)cc1Cl)c1nc2cc(O)ccc2o1. The fraction of sp³-hybridized carbons (Fsp3) is 0.133. The minimum absolute atomic E-state index is 0.136. The van der Waals surface area contributed by atoms with Crippen molar-refractivity contribution in [1.29, 1.82) is 0 Å². The standard InChI is InChI=1S/C15H11Cl2NO3/c1-8(20-13-4-2-9(16)6-11(13)17)15-18-12-7-10(19)3-5-14(12)21-15/h2-8,19H,1H3. The van der Waals surface area contributed by atoms with Gasteiger partial charge in [-0.15, -0.1) is 0 Å². The quantitative estimate of drug-likeness (QED) is 0.738. The first-order chi connectivity index (χ1) is 10.0. The number of phenols is 1. The molecule has 2 aromatic carbocycles. The Bertz CT molecular complexity index is 801. The fourth-order valence-electron chi connectivity index (χ4n) is 1.92. The molecule has 21 heavy (non-hydrogen) atoms. The van der Waals surface area contributed by atoms with Crippen LogP contribution in [0.5, 0.6) is 11.5 Å². The number of benzene rings is 2. The molecule has 0 aliphatic carbocycles. The molecule has 0 amide bonds. The van der Waals surface area contributed by atoms with Crippen molar-refractivity contribution in [3.8, 4) is 11.5 Å². The Labute approximate surface area is 130 Å². The summed E-state index contributed by atoms with van der Waals surface area (Å²) in [5.41, 5.74) is 1.16. The van der Waals surface area contributed by atoms with Crippen LogP contribution in [0.3, 0.4) is 0 Å². The molecule has 0 aliphatic rings. The first kappa shape index (κ1) is 14.0. The third-order valence-electron chi connectivity index (χ3n) is 2.93. The smallest absolute Gasteiger partial charge is 0.236 e. The van der Waals surface area contributed by atoms with E-state index in [1.165, 1.54) is 6.07 Å². The molecular weight excluding hydrogens is 313 g/mol. The number of hydrogen-bond donors (Lipinski definition) is 1. The summed E-state index contributed by atoms with van der Waals surface area (Å²) in [6.45, 7) is 1.80. The van der Waals surface area contributed by atoms with Gasteiger partial charge in [0.2, 0.25) is 5.89 Å². The summed E-state index contributed by atoms with van der Waals surface area (Å²) < 4.78 is 11.3. The number of ether oxygens (including phenoxy) is 1. The number of aromatic hydroxyl groups is 1. The summed E-state index contributed by atoms with van der Waals surface area (Å²) in [5, 5.41) is 10.4. The maximum atomic E-state index is 9.43. The van der Waals surface area contributed by atoms with Crippen LogP contribution in [0.1, 0.15) is 18.9 Å². The van der Waals surface area contributed by atoms with Crippen LogP contribution in [0.2, 0.25) is 10.0 Å². The molecule has 6 heteroatoms. The first-order valence-corrected chi connectivity index (χ1v) is 6.99. The number of phenolic OH excluding ortho intramolecular Hbond substituents is 1. The second-order valence-corrected chi connectivity index (χ2v) is 5.38. The predicted octanol–water partition coefficient (Wildman–Crippen LogP) is 4.98. The van der Waals surface area contributed by atoms with Crippen molar-refractivity contribution in [3.63, 3.8) is 0 Å². The van der Waals surface area contributed by atoms with Crippen molar-refractivity contribution >= 4 is 34.3 Å². The maximum Gasteiger partial charge on any atom is 0.236 e. The van der Waals surface area contributed by atoms with Crippen LogP contribution >= 0.6 is 23.2 Å². The average molecular weight is 324 g/mol. The summed E-state index contributed by atoms with van der Waals surface area (Å²) in [5.74, 6) is 1.04. The molecule has 0 fully saturated rings. The van der Waals surface area contributed by atoms with Gasteiger partial charge in [0.05, 0.1) is 5.02 Å². The molecule has 108 valence electrons. The highest BCUT2D eigenvalue weighted by molar-refractivity contribution is 6.35. The maximum absolute atomic E-state index is 9.43. The van der Waals surface area contributed by atoms with Gasteiger partial charge in [0, 0.05) is 11.1 Å². The van der Waals surface area contributed by atoms with E-state index in [0.29, 0.717) is 32.8 Å². The van der Waals surface area contributed by atoms with Crippen LogP contribution in [-0.2, 0) is 0 Å². The van der Waals surface area contributed by atoms with Gasteiger partial charge >= 0.3 is 0 Å². The zero-order valence-corrected chi connectivity index (χ0v) is 12.5. The molecule has 1 N–H and O–H groups in total. The molecule has 3 rings (SSSR count). The molecule has 0 aliphatic heterocycles. The molecule has 1 atom stereocenters. The van der Waals surface area contributed by atoms with Gasteiger partial charge in [0.15, 0.2) is 11.7 Å². The largest absolute Gasteiger partial charge is 0.508 e. The van der Waals surface area contributed by atoms with Gasteiger partial charge in [-0.2, -0.15) is 0 Å². The van der Waals surface area contributed by atoms with Gasteiger partial charge in [0.1, 0.15) is 17.0 Å². The van der Waals surface area contributed by atoms with Gasteiger partial charge in [-0.25, -0.2) is 4.98 Å². The molecule has 0 radical (unpaired) electrons. The zero-order valence-electron chi connectivity index (χ0n) is 11.0. The van der Waals surface area contributed by atoms with Gasteiger partial charge in [-0.3, -0.25) is 0 Å². The van der Waals surface area contributed by atoms with Gasteiger partial charge in [-0.1, -0.05) is 23.2 Å². The monoisotopic (exact) mass is 323 g/mol. The molecule has 0 bridgehead atoms. The number of fused-ring (bicyclic) bond motifs is 1. The number of oxazole rings is 1. The van der Waals surface area contributed by atoms with Crippen molar-refractivity contribution in [1.82, 2.24) is 4.98 Å². The second kappa shape index (κ2) is 5.47. The lowest BCUT2D eigenvalue weighted by atomic mass is 10.3. The molecule has 1 aromatic heterocycles. The van der Waals surface area contributed by atoms with Crippen molar-refractivity contribution < 1.29 is 14.3 Å². The normalized spacial score (nSPS) is 12.5. The second-order valence-electron chi connectivity index (χ2n) is 4.54. The Balaban J connectivity index is 1.87. The van der Waals surface area contributed by atoms with E-state index in [9.17, 15) is 5.11 Å². The zero-order chi connectivity index (χ0) is 15.0. The molecular formula is C15H11Cl2NO3. The van der Waals surface area contributed by atoms with E-state index in [4.69, 9.17) is 32.4 Å². The van der Waals surface area contributed by atoms with Gasteiger partial charge in [-0.05, 0) is 37.3 Å². The summed E-state index contributed by atoms with van der Waals surface area (Å²) in [6.07, 6.45) is -0.432. The van der Waals surface area contributed by atoms with E-state index in [1.807, 2.05) is 0 Å². The van der Waals surface area contributed by atoms with Gasteiger partial charge in [0.25, 0.3) is 0 Å². The number of rotatable bonds is 3. The van der Waals surface area contributed by atoms with Crippen molar-refractivity contribution in [2.75, 3.05) is 0 Å². The van der Waals surface area contributed by atoms with Crippen LogP contribution in [0.25, 0.3) is 11.1 Å². The summed E-state index contributed by atoms with van der Waals surface area (Å²) in [4.78, 5) is 4.30. The van der Waals surface area contributed by atoms with E-state index in [0.717, 1.165) is 0 Å². The first-order valence-electron chi connectivity index (χ1n) is 6.24. The van der Waals surface area contributed by atoms with Crippen LogP contribution in [-0.4, -0.2) is 10.1 Å². The average Bonchev–Trinajstić information content (AvgIpc) is 2.85. The summed E-state index contributed by atoms with van der Waals surface area (Å²) in [6, 6.07) is 9.72. The Kier molecular flexibility index (Phi) is 3.66. The molecule has 4 nitrogen and oxygen atoms in total. The molecule has 0 saturated carbocycles. The molecule has 1 heterocycles. The van der Waals surface area contributed by atoms with Crippen molar-refractivity contribution in [3.05, 3.63) is 52.3 Å². The third kappa shape index (κ3) is 2.91. The highest BCUT2D eigenvalue weighted by atomic mass is 35.5. The summed E-state index contributed by atoms with van der Waals surface area (Å²) in [7, 11) is 0. The fourth-order valence-corrected chi connectivity index (χ4v) is 2.37. The van der Waals surface area contributed by atoms with E-state index >= 15 is 0 Å². The third-order valence-corrected chi connectivity index (χ3v) is 3.46. The Morgan fingerprint density at radius 1 is 1.19 bits per heavy atom. The van der Waals surface area contributed by atoms with E-state index < -0.39 is 6.10 Å². The minimum Gasteiger partial charge on any atom is -0.508 e. The van der Waals surface area contributed by atoms with Crippen molar-refractivity contribution in [2.45, 2.75) is 13.0 Å². The lowest BCUT2D eigenvalue weighted by Crippen LogP contribution is -2.03. The minimum atomic E-state index is -0.432. The number of halogens is 2. The van der Waals surface area contributed by atoms with E-state index in [-0.39, 0.29) is 5.75 Å². The number of hydrogen-bond acceptors (Lipinski definition) is 4. The summed E-state index contributed by atoms with van der Waals surface area (Å²) >= 11 is 11.9. The lowest BCUT2D eigenvalue weighted by Gasteiger charge is -2.12. The van der Waals surface area contributed by atoms with Crippen LogP contribution in [0, 0.1) is 0 Å². The number of nitrogens with zero attached hydrogens (tertiary/aromatic N) is 1. The highest BCUT2D eigenvalue weighted by Gasteiger charge is 2.17. The Hall–Kier alpha value is -1.91. The Morgan fingerprint density at radius 2 is 2.00 bits per heavy atom. The van der Waals surface area contributed by atoms with Crippen molar-refractivity contribution in [2.24, 2.45) is 0 Å². The predicted molar refractivity (Wildman–Crippen MR) is 81.2 cm³/mol. The topological polar surface area (TPSA) is 55.5 Å². The van der Waals surface area contributed by atoms with E-state index in [2.05, 4.69) is 4.98 Å². The molecule has 3 aromatic rings. The highest BCUT2D eigenvalue weighted by Crippen LogP contribution is 2.32. The molecule has 1 unspecified atom stereocenters.